The Balaban J connectivity index is 2.03. The topological polar surface area (TPSA) is 15.3 Å². The average Bonchev–Trinajstić information content (AvgIpc) is 2.79. The van der Waals surface area contributed by atoms with Gasteiger partial charge in [0.25, 0.3) is 0 Å². The van der Waals surface area contributed by atoms with Crippen molar-refractivity contribution in [3.05, 3.63) is 70.5 Å². The van der Waals surface area contributed by atoms with Crippen LogP contribution in [0.5, 0.6) is 0 Å². The molecule has 0 amide bonds. The first kappa shape index (κ1) is 15.5. The highest BCUT2D eigenvalue weighted by Gasteiger charge is 2.25. The van der Waals surface area contributed by atoms with Crippen molar-refractivity contribution in [2.75, 3.05) is 26.2 Å². The second-order valence-electron chi connectivity index (χ2n) is 5.62. The number of nitrogens with zero attached hydrogens (tertiary/aromatic N) is 1. The minimum atomic E-state index is -0.162. The van der Waals surface area contributed by atoms with Crippen LogP contribution < -0.4 is 5.32 Å². The lowest BCUT2D eigenvalue weighted by Gasteiger charge is -2.31. The molecule has 4 heteroatoms. The van der Waals surface area contributed by atoms with E-state index in [1.807, 2.05) is 36.4 Å². The highest BCUT2D eigenvalue weighted by Crippen LogP contribution is 2.32. The van der Waals surface area contributed by atoms with E-state index in [0.29, 0.717) is 10.6 Å². The normalized spacial score (nSPS) is 17.9. The van der Waals surface area contributed by atoms with Gasteiger partial charge in [-0.3, -0.25) is 4.90 Å². The van der Waals surface area contributed by atoms with Gasteiger partial charge in [0.15, 0.2) is 0 Å². The van der Waals surface area contributed by atoms with Gasteiger partial charge >= 0.3 is 0 Å². The van der Waals surface area contributed by atoms with E-state index in [0.717, 1.165) is 38.2 Å². The Morgan fingerprint density at radius 1 is 1.05 bits per heavy atom. The van der Waals surface area contributed by atoms with Crippen molar-refractivity contribution < 1.29 is 4.39 Å². The lowest BCUT2D eigenvalue weighted by molar-refractivity contribution is 0.237. The zero-order valence-corrected chi connectivity index (χ0v) is 13.2. The first-order valence-corrected chi connectivity index (χ1v) is 8.08. The quantitative estimate of drug-likeness (QED) is 0.924. The van der Waals surface area contributed by atoms with E-state index >= 15 is 0 Å². The third kappa shape index (κ3) is 3.49. The molecule has 1 fully saturated rings. The zero-order chi connectivity index (χ0) is 15.4. The van der Waals surface area contributed by atoms with Gasteiger partial charge in [0.05, 0.1) is 6.04 Å². The van der Waals surface area contributed by atoms with Gasteiger partial charge in [0, 0.05) is 30.2 Å². The Bertz CT molecular complexity index is 624. The van der Waals surface area contributed by atoms with Gasteiger partial charge in [0.2, 0.25) is 0 Å². The number of rotatable bonds is 3. The first-order valence-electron chi connectivity index (χ1n) is 7.70. The van der Waals surface area contributed by atoms with Gasteiger partial charge in [-0.2, -0.15) is 0 Å². The molecule has 2 aromatic carbocycles. The molecular formula is C18H20ClFN2. The summed E-state index contributed by atoms with van der Waals surface area (Å²) in [4.78, 5) is 2.34. The maximum absolute atomic E-state index is 14.4. The van der Waals surface area contributed by atoms with Crippen LogP contribution in [-0.2, 0) is 0 Å². The number of hydrogen-bond donors (Lipinski definition) is 1. The third-order valence-corrected chi connectivity index (χ3v) is 4.34. The minimum absolute atomic E-state index is 0.0974. The van der Waals surface area contributed by atoms with Crippen LogP contribution in [0.25, 0.3) is 0 Å². The van der Waals surface area contributed by atoms with E-state index < -0.39 is 0 Å². The molecule has 1 aliphatic heterocycles. The second-order valence-corrected chi connectivity index (χ2v) is 6.06. The Labute approximate surface area is 135 Å². The van der Waals surface area contributed by atoms with Crippen molar-refractivity contribution in [2.45, 2.75) is 12.5 Å². The predicted molar refractivity (Wildman–Crippen MR) is 88.8 cm³/mol. The molecule has 1 unspecified atom stereocenters. The Morgan fingerprint density at radius 2 is 1.91 bits per heavy atom. The van der Waals surface area contributed by atoms with E-state index in [4.69, 9.17) is 11.6 Å². The van der Waals surface area contributed by atoms with Crippen LogP contribution in [0.1, 0.15) is 23.6 Å². The summed E-state index contributed by atoms with van der Waals surface area (Å²) in [7, 11) is 0. The molecule has 116 valence electrons. The monoisotopic (exact) mass is 318 g/mol. The van der Waals surface area contributed by atoms with Crippen LogP contribution in [0.3, 0.4) is 0 Å². The van der Waals surface area contributed by atoms with Gasteiger partial charge in [-0.25, -0.2) is 4.39 Å². The number of benzene rings is 2. The minimum Gasteiger partial charge on any atom is -0.315 e. The van der Waals surface area contributed by atoms with Gasteiger partial charge in [-0.05, 0) is 36.7 Å². The highest BCUT2D eigenvalue weighted by atomic mass is 35.5. The van der Waals surface area contributed by atoms with Crippen LogP contribution >= 0.6 is 11.6 Å². The highest BCUT2D eigenvalue weighted by molar-refractivity contribution is 6.30. The van der Waals surface area contributed by atoms with E-state index in [2.05, 4.69) is 10.2 Å². The van der Waals surface area contributed by atoms with Crippen molar-refractivity contribution in [1.29, 1.82) is 0 Å². The molecule has 1 aliphatic rings. The SMILES string of the molecule is Fc1ccccc1C(c1cccc(Cl)c1)N1CCCNCC1. The van der Waals surface area contributed by atoms with Crippen LogP contribution in [-0.4, -0.2) is 31.1 Å². The van der Waals surface area contributed by atoms with Crippen LogP contribution in [0.4, 0.5) is 4.39 Å². The lowest BCUT2D eigenvalue weighted by Crippen LogP contribution is -2.33. The second kappa shape index (κ2) is 7.23. The van der Waals surface area contributed by atoms with Crippen LogP contribution in [0.15, 0.2) is 48.5 Å². The fourth-order valence-corrected chi connectivity index (χ4v) is 3.28. The molecule has 1 N–H and O–H groups in total. The Morgan fingerprint density at radius 3 is 2.73 bits per heavy atom. The molecule has 0 spiro atoms. The molecule has 2 nitrogen and oxygen atoms in total. The maximum atomic E-state index is 14.4. The summed E-state index contributed by atoms with van der Waals surface area (Å²) >= 11 is 6.16. The Kier molecular flexibility index (Phi) is 5.08. The molecule has 22 heavy (non-hydrogen) atoms. The average molecular weight is 319 g/mol. The van der Waals surface area contributed by atoms with Gasteiger partial charge in [-0.15, -0.1) is 0 Å². The molecule has 0 saturated carbocycles. The van der Waals surface area contributed by atoms with Gasteiger partial charge in [-0.1, -0.05) is 41.9 Å². The summed E-state index contributed by atoms with van der Waals surface area (Å²) in [5, 5.41) is 4.09. The molecule has 0 aliphatic carbocycles. The molecule has 0 radical (unpaired) electrons. The summed E-state index contributed by atoms with van der Waals surface area (Å²) in [6.45, 7) is 3.77. The van der Waals surface area contributed by atoms with Crippen molar-refractivity contribution in [3.8, 4) is 0 Å². The largest absolute Gasteiger partial charge is 0.315 e. The smallest absolute Gasteiger partial charge is 0.128 e. The summed E-state index contributed by atoms with van der Waals surface area (Å²) in [5.41, 5.74) is 1.76. The summed E-state index contributed by atoms with van der Waals surface area (Å²) in [5.74, 6) is -0.162. The molecule has 0 aromatic heterocycles. The molecular weight excluding hydrogens is 299 g/mol. The fraction of sp³-hybridized carbons (Fsp3) is 0.333. The van der Waals surface area contributed by atoms with Crippen molar-refractivity contribution in [1.82, 2.24) is 10.2 Å². The van der Waals surface area contributed by atoms with Gasteiger partial charge in [0.1, 0.15) is 5.82 Å². The number of nitrogens with one attached hydrogen (secondary N) is 1. The molecule has 1 heterocycles. The van der Waals surface area contributed by atoms with E-state index in [-0.39, 0.29) is 11.9 Å². The molecule has 1 atom stereocenters. The zero-order valence-electron chi connectivity index (χ0n) is 12.4. The predicted octanol–water partition coefficient (Wildman–Crippen LogP) is 3.86. The van der Waals surface area contributed by atoms with Crippen LogP contribution in [0, 0.1) is 5.82 Å². The molecule has 1 saturated heterocycles. The van der Waals surface area contributed by atoms with Crippen molar-refractivity contribution in [3.63, 3.8) is 0 Å². The van der Waals surface area contributed by atoms with Crippen LogP contribution in [0.2, 0.25) is 5.02 Å². The number of halogens is 2. The van der Waals surface area contributed by atoms with Crippen molar-refractivity contribution >= 4 is 11.6 Å². The fourth-order valence-electron chi connectivity index (χ4n) is 3.09. The van der Waals surface area contributed by atoms with Crippen molar-refractivity contribution in [2.24, 2.45) is 0 Å². The lowest BCUT2D eigenvalue weighted by atomic mass is 9.96. The van der Waals surface area contributed by atoms with E-state index in [1.165, 1.54) is 6.07 Å². The standard InChI is InChI=1S/C18H20ClFN2/c19-15-6-3-5-14(13-15)18(16-7-1-2-8-17(16)20)22-11-4-9-21-10-12-22/h1-3,5-8,13,18,21H,4,9-12H2. The molecule has 0 bridgehead atoms. The number of hydrogen-bond acceptors (Lipinski definition) is 2. The Hall–Kier alpha value is -1.42. The molecule has 3 rings (SSSR count). The van der Waals surface area contributed by atoms with E-state index in [9.17, 15) is 4.39 Å². The first-order chi connectivity index (χ1) is 10.8. The summed E-state index contributed by atoms with van der Waals surface area (Å²) in [6, 6.07) is 14.7. The third-order valence-electron chi connectivity index (χ3n) is 4.10. The van der Waals surface area contributed by atoms with Gasteiger partial charge < -0.3 is 5.32 Å². The summed E-state index contributed by atoms with van der Waals surface area (Å²) in [6.07, 6.45) is 1.06. The maximum Gasteiger partial charge on any atom is 0.128 e. The summed E-state index contributed by atoms with van der Waals surface area (Å²) < 4.78 is 14.4. The van der Waals surface area contributed by atoms with E-state index in [1.54, 1.807) is 6.07 Å². The molecule has 2 aromatic rings.